The maximum Gasteiger partial charge on any atom is 0.244 e. The maximum atomic E-state index is 12.4. The normalized spacial score (nSPS) is 11.0. The number of ether oxygens (including phenoxy) is 2. The smallest absolute Gasteiger partial charge is 0.244 e. The van der Waals surface area contributed by atoms with Crippen molar-refractivity contribution in [2.75, 3.05) is 7.11 Å². The molecule has 4 aromatic rings. The fourth-order valence-corrected chi connectivity index (χ4v) is 4.30. The third-order valence-electron chi connectivity index (χ3n) is 5.11. The van der Waals surface area contributed by atoms with Crippen LogP contribution in [0, 0.1) is 3.57 Å². The number of carbonyl (C=O) groups is 1. The van der Waals surface area contributed by atoms with Crippen molar-refractivity contribution in [3.8, 4) is 11.5 Å². The molecular weight excluding hydrogens is 527 g/mol. The highest BCUT2D eigenvalue weighted by Crippen LogP contribution is 2.34. The van der Waals surface area contributed by atoms with Gasteiger partial charge in [0.1, 0.15) is 6.61 Å². The van der Waals surface area contributed by atoms with Crippen LogP contribution in [0.2, 0.25) is 0 Å². The molecule has 0 radical (unpaired) electrons. The molecule has 166 valence electrons. The van der Waals surface area contributed by atoms with E-state index in [0.29, 0.717) is 18.1 Å². The van der Waals surface area contributed by atoms with E-state index < -0.39 is 0 Å². The molecule has 0 aliphatic rings. The first-order chi connectivity index (χ1) is 16.1. The SMILES string of the molecule is COc1cc(/C=N\NC(=O)Cc2cccc3ccccc23)cc(I)c1OCc1ccccc1. The van der Waals surface area contributed by atoms with Crippen molar-refractivity contribution in [2.24, 2.45) is 5.10 Å². The Kier molecular flexibility index (Phi) is 7.57. The Morgan fingerprint density at radius 2 is 1.76 bits per heavy atom. The van der Waals surface area contributed by atoms with Crippen LogP contribution in [0.15, 0.2) is 90.0 Å². The first kappa shape index (κ1) is 22.8. The molecule has 5 nitrogen and oxygen atoms in total. The summed E-state index contributed by atoms with van der Waals surface area (Å²) in [6.45, 7) is 0.449. The van der Waals surface area contributed by atoms with Gasteiger partial charge in [0.25, 0.3) is 0 Å². The minimum atomic E-state index is -0.174. The molecule has 4 aromatic carbocycles. The topological polar surface area (TPSA) is 59.9 Å². The van der Waals surface area contributed by atoms with Gasteiger partial charge in [-0.2, -0.15) is 5.10 Å². The van der Waals surface area contributed by atoms with E-state index in [1.54, 1.807) is 13.3 Å². The third-order valence-corrected chi connectivity index (χ3v) is 5.91. The van der Waals surface area contributed by atoms with Crippen molar-refractivity contribution in [1.29, 1.82) is 0 Å². The Morgan fingerprint density at radius 3 is 2.58 bits per heavy atom. The number of halogens is 1. The summed E-state index contributed by atoms with van der Waals surface area (Å²) in [7, 11) is 1.60. The fraction of sp³-hybridized carbons (Fsp3) is 0.111. The van der Waals surface area contributed by atoms with Crippen molar-refractivity contribution >= 4 is 45.5 Å². The molecule has 0 aliphatic carbocycles. The monoisotopic (exact) mass is 550 g/mol. The molecule has 1 N–H and O–H groups in total. The van der Waals surface area contributed by atoms with E-state index in [2.05, 4.69) is 33.1 Å². The highest BCUT2D eigenvalue weighted by molar-refractivity contribution is 14.1. The van der Waals surface area contributed by atoms with Crippen molar-refractivity contribution in [3.05, 3.63) is 105 Å². The van der Waals surface area contributed by atoms with Crippen molar-refractivity contribution in [3.63, 3.8) is 0 Å². The second kappa shape index (κ2) is 11.0. The first-order valence-electron chi connectivity index (χ1n) is 10.5. The molecule has 4 rings (SSSR count). The van der Waals surface area contributed by atoms with E-state index in [0.717, 1.165) is 31.0 Å². The maximum absolute atomic E-state index is 12.4. The summed E-state index contributed by atoms with van der Waals surface area (Å²) in [4.78, 5) is 12.4. The van der Waals surface area contributed by atoms with Gasteiger partial charge in [0.15, 0.2) is 11.5 Å². The zero-order valence-electron chi connectivity index (χ0n) is 18.1. The molecule has 1 amide bonds. The number of amides is 1. The Bertz CT molecular complexity index is 1280. The summed E-state index contributed by atoms with van der Waals surface area (Å²) >= 11 is 2.21. The number of hydrogen-bond acceptors (Lipinski definition) is 4. The number of nitrogens with zero attached hydrogens (tertiary/aromatic N) is 1. The van der Waals surface area contributed by atoms with Gasteiger partial charge >= 0.3 is 0 Å². The predicted molar refractivity (Wildman–Crippen MR) is 140 cm³/mol. The van der Waals surface area contributed by atoms with E-state index in [1.807, 2.05) is 84.9 Å². The number of benzene rings is 4. The molecule has 33 heavy (non-hydrogen) atoms. The molecule has 6 heteroatoms. The number of nitrogens with one attached hydrogen (secondary N) is 1. The Balaban J connectivity index is 1.41. The highest BCUT2D eigenvalue weighted by atomic mass is 127. The molecule has 0 spiro atoms. The zero-order chi connectivity index (χ0) is 23.0. The Labute approximate surface area is 206 Å². The molecule has 0 aliphatic heterocycles. The van der Waals surface area contributed by atoms with Crippen LogP contribution in [0.5, 0.6) is 11.5 Å². The van der Waals surface area contributed by atoms with E-state index in [4.69, 9.17) is 9.47 Å². The lowest BCUT2D eigenvalue weighted by atomic mass is 10.0. The minimum absolute atomic E-state index is 0.174. The third kappa shape index (κ3) is 5.90. The molecule has 0 atom stereocenters. The van der Waals surface area contributed by atoms with Crippen molar-refractivity contribution in [2.45, 2.75) is 13.0 Å². The molecule has 0 fully saturated rings. The summed E-state index contributed by atoms with van der Waals surface area (Å²) in [5.74, 6) is 1.12. The average Bonchev–Trinajstić information content (AvgIpc) is 2.84. The van der Waals surface area contributed by atoms with Crippen LogP contribution >= 0.6 is 22.6 Å². The second-order valence-corrected chi connectivity index (χ2v) is 8.58. The summed E-state index contributed by atoms with van der Waals surface area (Å²) in [6, 6.07) is 27.7. The van der Waals surface area contributed by atoms with Crippen LogP contribution in [0.4, 0.5) is 0 Å². The molecular formula is C27H23IN2O3. The molecule has 0 bridgehead atoms. The van der Waals surface area contributed by atoms with Crippen LogP contribution in [0.25, 0.3) is 10.8 Å². The molecule has 0 aromatic heterocycles. The Hall–Kier alpha value is -3.39. The van der Waals surface area contributed by atoms with Crippen LogP contribution < -0.4 is 14.9 Å². The fourth-order valence-electron chi connectivity index (χ4n) is 3.52. The summed E-state index contributed by atoms with van der Waals surface area (Å²) < 4.78 is 12.4. The van der Waals surface area contributed by atoms with Gasteiger partial charge in [-0.1, -0.05) is 72.8 Å². The highest BCUT2D eigenvalue weighted by Gasteiger charge is 2.12. The number of fused-ring (bicyclic) bond motifs is 1. The van der Waals surface area contributed by atoms with E-state index in [1.165, 1.54) is 0 Å². The first-order valence-corrected chi connectivity index (χ1v) is 11.5. The Morgan fingerprint density at radius 1 is 1.00 bits per heavy atom. The lowest BCUT2D eigenvalue weighted by Crippen LogP contribution is -2.19. The van der Waals surface area contributed by atoms with E-state index in [-0.39, 0.29) is 12.3 Å². The van der Waals surface area contributed by atoms with Crippen molar-refractivity contribution < 1.29 is 14.3 Å². The van der Waals surface area contributed by atoms with Crippen LogP contribution in [0.1, 0.15) is 16.7 Å². The number of hydrogen-bond donors (Lipinski definition) is 1. The van der Waals surface area contributed by atoms with Crippen LogP contribution in [-0.4, -0.2) is 19.2 Å². The largest absolute Gasteiger partial charge is 0.493 e. The number of carbonyl (C=O) groups excluding carboxylic acids is 1. The zero-order valence-corrected chi connectivity index (χ0v) is 20.3. The van der Waals surface area contributed by atoms with Crippen LogP contribution in [-0.2, 0) is 17.8 Å². The average molecular weight is 550 g/mol. The van der Waals surface area contributed by atoms with Crippen LogP contribution in [0.3, 0.4) is 0 Å². The number of methoxy groups -OCH3 is 1. The lowest BCUT2D eigenvalue weighted by molar-refractivity contribution is -0.120. The minimum Gasteiger partial charge on any atom is -0.493 e. The van der Waals surface area contributed by atoms with Gasteiger partial charge in [-0.15, -0.1) is 0 Å². The number of rotatable bonds is 8. The van der Waals surface area contributed by atoms with Gasteiger partial charge in [0.05, 0.1) is 23.3 Å². The molecule has 0 heterocycles. The molecule has 0 saturated carbocycles. The van der Waals surface area contributed by atoms with Gasteiger partial charge in [0, 0.05) is 0 Å². The lowest BCUT2D eigenvalue weighted by Gasteiger charge is -2.13. The molecule has 0 saturated heterocycles. The van der Waals surface area contributed by atoms with E-state index in [9.17, 15) is 4.79 Å². The number of hydrazone groups is 1. The quantitative estimate of drug-likeness (QED) is 0.173. The van der Waals surface area contributed by atoms with Gasteiger partial charge < -0.3 is 9.47 Å². The molecule has 0 unspecified atom stereocenters. The van der Waals surface area contributed by atoms with Gasteiger partial charge in [-0.05, 0) is 62.2 Å². The van der Waals surface area contributed by atoms with Gasteiger partial charge in [0.2, 0.25) is 5.91 Å². The van der Waals surface area contributed by atoms with E-state index >= 15 is 0 Å². The van der Waals surface area contributed by atoms with Gasteiger partial charge in [-0.3, -0.25) is 4.79 Å². The standard InChI is InChI=1S/C27H23IN2O3/c1-32-25-15-20(14-24(28)27(25)33-18-19-8-3-2-4-9-19)17-29-30-26(31)16-22-12-7-11-21-10-5-6-13-23(21)22/h2-15,17H,16,18H2,1H3,(H,30,31)/b29-17-. The summed E-state index contributed by atoms with van der Waals surface area (Å²) in [5.41, 5.74) is 5.47. The second-order valence-electron chi connectivity index (χ2n) is 7.42. The summed E-state index contributed by atoms with van der Waals surface area (Å²) in [6.07, 6.45) is 1.86. The summed E-state index contributed by atoms with van der Waals surface area (Å²) in [5, 5.41) is 6.32. The predicted octanol–water partition coefficient (Wildman–Crippen LogP) is 5.72. The van der Waals surface area contributed by atoms with Crippen molar-refractivity contribution in [1.82, 2.24) is 5.43 Å². The van der Waals surface area contributed by atoms with Gasteiger partial charge in [-0.25, -0.2) is 5.43 Å².